The summed E-state index contributed by atoms with van der Waals surface area (Å²) in [6, 6.07) is 5.59. The molecule has 0 unspecified atom stereocenters. The van der Waals surface area contributed by atoms with Gasteiger partial charge >= 0.3 is 0 Å². The lowest BCUT2D eigenvalue weighted by Crippen LogP contribution is -2.36. The van der Waals surface area contributed by atoms with E-state index in [0.29, 0.717) is 12.0 Å². The summed E-state index contributed by atoms with van der Waals surface area (Å²) in [5.41, 5.74) is 7.10. The van der Waals surface area contributed by atoms with Crippen LogP contribution in [0.1, 0.15) is 39.5 Å². The van der Waals surface area contributed by atoms with Gasteiger partial charge in [0.25, 0.3) is 0 Å². The number of benzene rings is 1. The second kappa shape index (κ2) is 6.23. The third-order valence-corrected chi connectivity index (χ3v) is 4.94. The summed E-state index contributed by atoms with van der Waals surface area (Å²) < 4.78 is 22.9. The van der Waals surface area contributed by atoms with E-state index in [2.05, 4.69) is 18.7 Å². The molecule has 118 valence electrons. The fourth-order valence-corrected chi connectivity index (χ4v) is 3.69. The van der Waals surface area contributed by atoms with Gasteiger partial charge in [-0.25, -0.2) is 13.6 Å². The summed E-state index contributed by atoms with van der Waals surface area (Å²) >= 11 is 0. The number of hydrogen-bond donors (Lipinski definition) is 2. The van der Waals surface area contributed by atoms with Crippen molar-refractivity contribution in [1.29, 1.82) is 0 Å². The van der Waals surface area contributed by atoms with Gasteiger partial charge in [0.1, 0.15) is 4.90 Å². The van der Waals surface area contributed by atoms with Crippen LogP contribution in [0, 0.1) is 5.92 Å². The van der Waals surface area contributed by atoms with Crippen molar-refractivity contribution in [1.82, 2.24) is 0 Å². The fourth-order valence-electron chi connectivity index (χ4n) is 3.05. The van der Waals surface area contributed by atoms with E-state index in [1.54, 1.807) is 6.07 Å². The SMILES string of the molecule is CC(C)CN(c1ccc(S(N)(=O)=O)c(N)c1)C1CCCC1. The van der Waals surface area contributed by atoms with Crippen LogP contribution in [0.15, 0.2) is 23.1 Å². The number of primary sulfonamides is 1. The summed E-state index contributed by atoms with van der Waals surface area (Å²) in [4.78, 5) is 2.36. The zero-order chi connectivity index (χ0) is 15.6. The number of nitrogens with zero attached hydrogens (tertiary/aromatic N) is 1. The van der Waals surface area contributed by atoms with Crippen LogP contribution in [0.3, 0.4) is 0 Å². The molecule has 0 heterocycles. The Morgan fingerprint density at radius 3 is 2.38 bits per heavy atom. The largest absolute Gasteiger partial charge is 0.398 e. The van der Waals surface area contributed by atoms with Gasteiger partial charge in [0.15, 0.2) is 0 Å². The van der Waals surface area contributed by atoms with Crippen molar-refractivity contribution in [2.24, 2.45) is 11.1 Å². The Morgan fingerprint density at radius 1 is 1.29 bits per heavy atom. The van der Waals surface area contributed by atoms with Gasteiger partial charge in [0.2, 0.25) is 10.0 Å². The first-order valence-electron chi connectivity index (χ1n) is 7.48. The van der Waals surface area contributed by atoms with Crippen LogP contribution < -0.4 is 15.8 Å². The molecule has 1 aromatic carbocycles. The maximum Gasteiger partial charge on any atom is 0.240 e. The van der Waals surface area contributed by atoms with E-state index < -0.39 is 10.0 Å². The monoisotopic (exact) mass is 311 g/mol. The Kier molecular flexibility index (Phi) is 4.78. The van der Waals surface area contributed by atoms with E-state index in [0.717, 1.165) is 12.2 Å². The van der Waals surface area contributed by atoms with Crippen LogP contribution in [0.4, 0.5) is 11.4 Å². The van der Waals surface area contributed by atoms with Crippen LogP contribution in [-0.2, 0) is 10.0 Å². The molecule has 1 aliphatic rings. The average Bonchev–Trinajstić information content (AvgIpc) is 2.87. The number of hydrogen-bond acceptors (Lipinski definition) is 4. The maximum atomic E-state index is 11.5. The minimum Gasteiger partial charge on any atom is -0.398 e. The molecule has 5 nitrogen and oxygen atoms in total. The van der Waals surface area contributed by atoms with Gasteiger partial charge in [-0.3, -0.25) is 0 Å². The zero-order valence-electron chi connectivity index (χ0n) is 12.7. The summed E-state index contributed by atoms with van der Waals surface area (Å²) in [5.74, 6) is 0.532. The van der Waals surface area contributed by atoms with Gasteiger partial charge in [-0.05, 0) is 37.0 Å². The molecular weight excluding hydrogens is 286 g/mol. The number of sulfonamides is 1. The number of anilines is 2. The molecule has 0 bridgehead atoms. The first-order valence-corrected chi connectivity index (χ1v) is 9.02. The molecule has 21 heavy (non-hydrogen) atoms. The van der Waals surface area contributed by atoms with E-state index in [-0.39, 0.29) is 10.6 Å². The van der Waals surface area contributed by atoms with E-state index in [1.165, 1.54) is 31.7 Å². The predicted octanol–water partition coefficient (Wildman–Crippen LogP) is 2.32. The van der Waals surface area contributed by atoms with Crippen molar-refractivity contribution in [2.45, 2.75) is 50.5 Å². The highest BCUT2D eigenvalue weighted by Crippen LogP contribution is 2.31. The van der Waals surface area contributed by atoms with Crippen LogP contribution in [0.5, 0.6) is 0 Å². The van der Waals surface area contributed by atoms with E-state index >= 15 is 0 Å². The summed E-state index contributed by atoms with van der Waals surface area (Å²) in [6.07, 6.45) is 4.88. The third-order valence-electron chi connectivity index (χ3n) is 3.96. The summed E-state index contributed by atoms with van der Waals surface area (Å²) in [6.45, 7) is 5.31. The molecule has 0 amide bonds. The molecule has 0 spiro atoms. The van der Waals surface area contributed by atoms with Gasteiger partial charge in [-0.1, -0.05) is 26.7 Å². The Morgan fingerprint density at radius 2 is 1.90 bits per heavy atom. The third kappa shape index (κ3) is 3.89. The summed E-state index contributed by atoms with van der Waals surface area (Å²) in [5, 5.41) is 5.17. The molecule has 1 fully saturated rings. The van der Waals surface area contributed by atoms with E-state index in [1.807, 2.05) is 6.07 Å². The Balaban J connectivity index is 2.34. The average molecular weight is 311 g/mol. The first kappa shape index (κ1) is 16.1. The van der Waals surface area contributed by atoms with Crippen molar-refractivity contribution < 1.29 is 8.42 Å². The molecule has 1 aliphatic carbocycles. The highest BCUT2D eigenvalue weighted by atomic mass is 32.2. The Bertz CT molecular complexity index is 593. The highest BCUT2D eigenvalue weighted by Gasteiger charge is 2.24. The van der Waals surface area contributed by atoms with Gasteiger partial charge in [-0.15, -0.1) is 0 Å². The normalized spacial score (nSPS) is 16.6. The van der Waals surface area contributed by atoms with Gasteiger partial charge < -0.3 is 10.6 Å². The Labute approximate surface area is 127 Å². The first-order chi connectivity index (χ1) is 9.79. The van der Waals surface area contributed by atoms with Crippen LogP contribution in [-0.4, -0.2) is 21.0 Å². The second-order valence-electron chi connectivity index (χ2n) is 6.25. The van der Waals surface area contributed by atoms with Crippen molar-refractivity contribution in [3.8, 4) is 0 Å². The van der Waals surface area contributed by atoms with Gasteiger partial charge in [0, 0.05) is 18.3 Å². The topological polar surface area (TPSA) is 89.4 Å². The van der Waals surface area contributed by atoms with E-state index in [4.69, 9.17) is 10.9 Å². The molecule has 0 radical (unpaired) electrons. The lowest BCUT2D eigenvalue weighted by Gasteiger charge is -2.33. The number of nitrogens with two attached hydrogens (primary N) is 2. The van der Waals surface area contributed by atoms with Gasteiger partial charge in [-0.2, -0.15) is 0 Å². The molecule has 1 saturated carbocycles. The molecule has 0 aromatic heterocycles. The molecular formula is C15H25N3O2S. The number of rotatable bonds is 5. The molecule has 4 N–H and O–H groups in total. The molecule has 1 aromatic rings. The minimum atomic E-state index is -3.76. The van der Waals surface area contributed by atoms with Crippen molar-refractivity contribution in [3.63, 3.8) is 0 Å². The molecule has 0 saturated heterocycles. The standard InChI is InChI=1S/C15H25N3O2S/c1-11(2)10-18(12-5-3-4-6-12)13-7-8-15(14(16)9-13)21(17,19)20/h7-9,11-12H,3-6,10,16H2,1-2H3,(H2,17,19,20). The van der Waals surface area contributed by atoms with Crippen molar-refractivity contribution in [3.05, 3.63) is 18.2 Å². The van der Waals surface area contributed by atoms with Crippen molar-refractivity contribution in [2.75, 3.05) is 17.2 Å². The smallest absolute Gasteiger partial charge is 0.240 e. The van der Waals surface area contributed by atoms with Crippen LogP contribution in [0.25, 0.3) is 0 Å². The lowest BCUT2D eigenvalue weighted by atomic mass is 10.1. The molecule has 0 atom stereocenters. The van der Waals surface area contributed by atoms with Crippen LogP contribution >= 0.6 is 0 Å². The maximum absolute atomic E-state index is 11.5. The highest BCUT2D eigenvalue weighted by molar-refractivity contribution is 7.89. The minimum absolute atomic E-state index is 0.00201. The van der Waals surface area contributed by atoms with Crippen LogP contribution in [0.2, 0.25) is 0 Å². The second-order valence-corrected chi connectivity index (χ2v) is 7.78. The fraction of sp³-hybridized carbons (Fsp3) is 0.600. The predicted molar refractivity (Wildman–Crippen MR) is 86.7 cm³/mol. The summed E-state index contributed by atoms with van der Waals surface area (Å²) in [7, 11) is -3.76. The quantitative estimate of drug-likeness (QED) is 0.817. The molecule has 0 aliphatic heterocycles. The van der Waals surface area contributed by atoms with E-state index in [9.17, 15) is 8.42 Å². The Hall–Kier alpha value is -1.27. The zero-order valence-corrected chi connectivity index (χ0v) is 13.6. The van der Waals surface area contributed by atoms with Gasteiger partial charge in [0.05, 0.1) is 5.69 Å². The van der Waals surface area contributed by atoms with Crippen molar-refractivity contribution >= 4 is 21.4 Å². The lowest BCUT2D eigenvalue weighted by molar-refractivity contribution is 0.536. The molecule has 6 heteroatoms. The number of nitrogen functional groups attached to an aromatic ring is 1. The molecule has 2 rings (SSSR count).